The fourth-order valence-corrected chi connectivity index (χ4v) is 5.30. The minimum atomic E-state index is -5.00. The van der Waals surface area contributed by atoms with Crippen LogP contribution in [0.15, 0.2) is 30.3 Å². The van der Waals surface area contributed by atoms with E-state index in [0.717, 1.165) is 30.4 Å². The number of aryl methyl sites for hydroxylation is 2. The lowest BCUT2D eigenvalue weighted by Crippen LogP contribution is -2.39. The van der Waals surface area contributed by atoms with Gasteiger partial charge in [0, 0.05) is 13.1 Å². The minimum absolute atomic E-state index is 0.0735. The number of hydrogen-bond donors (Lipinski definition) is 2. The predicted molar refractivity (Wildman–Crippen MR) is 133 cm³/mol. The van der Waals surface area contributed by atoms with E-state index in [0.29, 0.717) is 42.8 Å². The van der Waals surface area contributed by atoms with Crippen LogP contribution in [0.5, 0.6) is 0 Å². The van der Waals surface area contributed by atoms with Crippen LogP contribution in [-0.2, 0) is 36.5 Å². The van der Waals surface area contributed by atoms with E-state index < -0.39 is 48.1 Å². The van der Waals surface area contributed by atoms with E-state index in [-0.39, 0.29) is 17.7 Å². The molecular weight excluding hydrogens is 526 g/mol. The van der Waals surface area contributed by atoms with Gasteiger partial charge < -0.3 is 15.4 Å². The molecule has 12 heteroatoms. The van der Waals surface area contributed by atoms with Gasteiger partial charge in [0.25, 0.3) is 0 Å². The van der Waals surface area contributed by atoms with Gasteiger partial charge in [0.2, 0.25) is 0 Å². The number of benzene rings is 2. The van der Waals surface area contributed by atoms with Gasteiger partial charge in [-0.2, -0.15) is 26.3 Å². The molecule has 1 amide bonds. The van der Waals surface area contributed by atoms with E-state index >= 15 is 0 Å². The Morgan fingerprint density at radius 2 is 1.62 bits per heavy atom. The van der Waals surface area contributed by atoms with E-state index in [9.17, 15) is 31.1 Å². The monoisotopic (exact) mass is 556 g/mol. The summed E-state index contributed by atoms with van der Waals surface area (Å²) >= 11 is 0. The molecule has 1 heterocycles. The molecule has 1 aliphatic heterocycles. The number of rotatable bonds is 4. The van der Waals surface area contributed by atoms with Crippen molar-refractivity contribution in [2.45, 2.75) is 77.0 Å². The molecule has 4 rings (SSSR count). The van der Waals surface area contributed by atoms with Gasteiger partial charge in [0.1, 0.15) is 0 Å². The van der Waals surface area contributed by atoms with Crippen LogP contribution in [0.1, 0.15) is 72.5 Å². The van der Waals surface area contributed by atoms with E-state index in [1.165, 1.54) is 9.80 Å². The summed E-state index contributed by atoms with van der Waals surface area (Å²) in [4.78, 5) is 15.8. The summed E-state index contributed by atoms with van der Waals surface area (Å²) < 4.78 is 86.3. The zero-order valence-electron chi connectivity index (χ0n) is 21.5. The number of halogens is 6. The van der Waals surface area contributed by atoms with Crippen LogP contribution < -0.4 is 10.6 Å². The lowest BCUT2D eigenvalue weighted by molar-refractivity contribution is -0.143. The number of fused-ring (bicyclic) bond motifs is 2. The van der Waals surface area contributed by atoms with Gasteiger partial charge in [-0.15, -0.1) is 0 Å². The number of carbonyl (C=O) groups excluding carboxylic acids is 1. The molecule has 0 aromatic heterocycles. The van der Waals surface area contributed by atoms with E-state index in [4.69, 9.17) is 15.9 Å². The first-order chi connectivity index (χ1) is 18.1. The quantitative estimate of drug-likeness (QED) is 0.247. The number of anilines is 1. The molecule has 0 saturated carbocycles. The first kappa shape index (κ1) is 28.6. The highest BCUT2D eigenvalue weighted by molar-refractivity contribution is 5.90. The molecule has 6 nitrogen and oxygen atoms in total. The molecule has 0 bridgehead atoms. The molecule has 0 spiro atoms. The molecule has 3 N–H and O–H groups in total. The highest BCUT2D eigenvalue weighted by Gasteiger charge is 2.38. The van der Waals surface area contributed by atoms with Gasteiger partial charge >= 0.3 is 18.4 Å². The van der Waals surface area contributed by atoms with Crippen molar-refractivity contribution in [1.29, 1.82) is 5.41 Å². The minimum Gasteiger partial charge on any atom is -0.446 e. The summed E-state index contributed by atoms with van der Waals surface area (Å²) in [6, 6.07) is 4.54. The molecule has 1 unspecified atom stereocenters. The Morgan fingerprint density at radius 1 is 1.03 bits per heavy atom. The molecule has 2 aliphatic rings. The average Bonchev–Trinajstić information content (AvgIpc) is 3.20. The molecule has 212 valence electrons. The van der Waals surface area contributed by atoms with Crippen molar-refractivity contribution in [3.05, 3.63) is 63.7 Å². The predicted octanol–water partition coefficient (Wildman–Crippen LogP) is 6.79. The van der Waals surface area contributed by atoms with Crippen LogP contribution in [0.3, 0.4) is 0 Å². The molecule has 2 aromatic rings. The SMILES string of the molecule is CC(C)OC(=O)N1CCCC(N(Cc2cc(C(F)(F)F)cc(C(F)(F)F)c2)C(=N)N)c2cc3c(cc21)CCC3. The third kappa shape index (κ3) is 6.25. The van der Waals surface area contributed by atoms with Gasteiger partial charge in [0.05, 0.1) is 29.0 Å². The Hall–Kier alpha value is -3.44. The van der Waals surface area contributed by atoms with Crippen LogP contribution in [0.2, 0.25) is 0 Å². The van der Waals surface area contributed by atoms with Crippen LogP contribution in [0, 0.1) is 5.41 Å². The Bertz CT molecular complexity index is 1230. The molecule has 2 aromatic carbocycles. The summed E-state index contributed by atoms with van der Waals surface area (Å²) in [5.74, 6) is -0.504. The number of ether oxygens (including phenoxy) is 1. The number of carbonyl (C=O) groups is 1. The number of nitrogens with zero attached hydrogens (tertiary/aromatic N) is 2. The van der Waals surface area contributed by atoms with E-state index in [1.807, 2.05) is 12.1 Å². The Labute approximate surface area is 222 Å². The van der Waals surface area contributed by atoms with Gasteiger partial charge in [-0.25, -0.2) is 4.79 Å². The highest BCUT2D eigenvalue weighted by Crippen LogP contribution is 2.42. The summed E-state index contributed by atoms with van der Waals surface area (Å²) in [5, 5.41) is 8.24. The van der Waals surface area contributed by atoms with Crippen LogP contribution >= 0.6 is 0 Å². The van der Waals surface area contributed by atoms with Crippen molar-refractivity contribution in [3.8, 4) is 0 Å². The van der Waals surface area contributed by atoms with Crippen LogP contribution in [0.25, 0.3) is 0 Å². The number of nitrogens with one attached hydrogen (secondary N) is 1. The molecule has 0 radical (unpaired) electrons. The van der Waals surface area contributed by atoms with Crippen LogP contribution in [0.4, 0.5) is 36.8 Å². The molecule has 1 atom stereocenters. The first-order valence-corrected chi connectivity index (χ1v) is 12.7. The molecule has 0 fully saturated rings. The molecule has 1 aliphatic carbocycles. The molecule has 39 heavy (non-hydrogen) atoms. The number of alkyl halides is 6. The van der Waals surface area contributed by atoms with Crippen LogP contribution in [-0.4, -0.2) is 29.6 Å². The van der Waals surface area contributed by atoms with Crippen molar-refractivity contribution in [3.63, 3.8) is 0 Å². The summed E-state index contributed by atoms with van der Waals surface area (Å²) in [6.45, 7) is 3.29. The molecule has 0 saturated heterocycles. The fourth-order valence-electron chi connectivity index (χ4n) is 5.30. The van der Waals surface area contributed by atoms with Crippen molar-refractivity contribution in [1.82, 2.24) is 4.90 Å². The third-order valence-electron chi connectivity index (χ3n) is 6.99. The van der Waals surface area contributed by atoms with Gasteiger partial charge in [-0.1, -0.05) is 6.07 Å². The maximum absolute atomic E-state index is 13.5. The summed E-state index contributed by atoms with van der Waals surface area (Å²) in [6.07, 6.45) is -7.57. The summed E-state index contributed by atoms with van der Waals surface area (Å²) in [7, 11) is 0. The molecular formula is C27H30F6N4O2. The van der Waals surface area contributed by atoms with Gasteiger partial charge in [-0.3, -0.25) is 10.3 Å². The Kier molecular flexibility index (Phi) is 7.77. The zero-order chi connectivity index (χ0) is 28.7. The second-order valence-electron chi connectivity index (χ2n) is 10.2. The summed E-state index contributed by atoms with van der Waals surface area (Å²) in [5.41, 5.74) is 6.06. The lowest BCUT2D eigenvalue weighted by Gasteiger charge is -2.34. The lowest BCUT2D eigenvalue weighted by atomic mass is 9.95. The van der Waals surface area contributed by atoms with Gasteiger partial charge in [-0.05, 0) is 92.5 Å². The largest absolute Gasteiger partial charge is 0.446 e. The van der Waals surface area contributed by atoms with Crippen molar-refractivity contribution >= 4 is 17.7 Å². The van der Waals surface area contributed by atoms with Crippen molar-refractivity contribution in [2.75, 3.05) is 11.4 Å². The smallest absolute Gasteiger partial charge is 0.416 e. The fraction of sp³-hybridized carbons (Fsp3) is 0.481. The average molecular weight is 557 g/mol. The Balaban J connectivity index is 1.79. The number of hydrogen-bond acceptors (Lipinski definition) is 3. The zero-order valence-corrected chi connectivity index (χ0v) is 21.5. The van der Waals surface area contributed by atoms with Crippen molar-refractivity contribution in [2.24, 2.45) is 5.73 Å². The maximum atomic E-state index is 13.5. The standard InChI is InChI=1S/C27H30F6N4O2/c1-15(2)39-25(38)36-8-4-7-22(21-11-17-5-3-6-18(17)12-23(21)36)37(24(34)35)14-16-9-19(26(28,29)30)13-20(10-16)27(31,32)33/h9-13,15,22H,3-8,14H2,1-2H3,(H3,34,35). The normalized spacial score (nSPS) is 17.5. The number of amides is 1. The third-order valence-corrected chi connectivity index (χ3v) is 6.99. The maximum Gasteiger partial charge on any atom is 0.416 e. The number of nitrogens with two attached hydrogens (primary N) is 1. The van der Waals surface area contributed by atoms with E-state index in [2.05, 4.69) is 0 Å². The second kappa shape index (κ2) is 10.6. The Morgan fingerprint density at radius 3 is 2.15 bits per heavy atom. The van der Waals surface area contributed by atoms with Gasteiger partial charge in [0.15, 0.2) is 5.96 Å². The highest BCUT2D eigenvalue weighted by atomic mass is 19.4. The first-order valence-electron chi connectivity index (χ1n) is 12.7. The topological polar surface area (TPSA) is 82.7 Å². The van der Waals surface area contributed by atoms with Crippen molar-refractivity contribution < 1.29 is 35.9 Å². The van der Waals surface area contributed by atoms with E-state index in [1.54, 1.807) is 13.8 Å². The second-order valence-corrected chi connectivity index (χ2v) is 10.2. The number of guanidine groups is 1.